The van der Waals surface area contributed by atoms with Crippen molar-refractivity contribution in [1.29, 1.82) is 0 Å². The monoisotopic (exact) mass is 391 g/mol. The van der Waals surface area contributed by atoms with Crippen LogP contribution < -0.4 is 10.6 Å². The molecule has 1 spiro atoms. The molecule has 3 heterocycles. The average Bonchev–Trinajstić information content (AvgIpc) is 2.68. The van der Waals surface area contributed by atoms with Crippen LogP contribution in [0.4, 0.5) is 11.4 Å². The third-order valence-corrected chi connectivity index (χ3v) is 5.39. The summed E-state index contributed by atoms with van der Waals surface area (Å²) in [5, 5.41) is 7.29. The van der Waals surface area contributed by atoms with Gasteiger partial charge in [0, 0.05) is 18.4 Å². The van der Waals surface area contributed by atoms with E-state index in [1.807, 2.05) is 36.1 Å². The molecule has 4 rings (SSSR count). The number of carbonyl (C=O) groups excluding carboxylic acids is 1. The molecule has 0 saturated carbocycles. The van der Waals surface area contributed by atoms with Gasteiger partial charge in [-0.15, -0.1) is 0 Å². The maximum absolute atomic E-state index is 13.2. The number of nitrogens with zero attached hydrogens (tertiary/aromatic N) is 3. The van der Waals surface area contributed by atoms with Crippen molar-refractivity contribution >= 4 is 23.1 Å². The van der Waals surface area contributed by atoms with Gasteiger partial charge in [0.05, 0.1) is 29.0 Å². The fourth-order valence-electron chi connectivity index (χ4n) is 4.04. The van der Waals surface area contributed by atoms with Gasteiger partial charge in [0.15, 0.2) is 0 Å². The highest BCUT2D eigenvalue weighted by atomic mass is 16.2. The summed E-state index contributed by atoms with van der Waals surface area (Å²) in [6.07, 6.45) is 3.50. The molecule has 2 N–H and O–H groups in total. The number of aromatic nitrogens is 1. The summed E-state index contributed by atoms with van der Waals surface area (Å²) in [6, 6.07) is 11.9. The lowest BCUT2D eigenvalue weighted by atomic mass is 9.84. The lowest BCUT2D eigenvalue weighted by Gasteiger charge is -2.47. The Morgan fingerprint density at radius 3 is 2.62 bits per heavy atom. The van der Waals surface area contributed by atoms with E-state index in [1.54, 1.807) is 6.20 Å². The van der Waals surface area contributed by atoms with E-state index >= 15 is 0 Å². The third kappa shape index (κ3) is 3.97. The Morgan fingerprint density at radius 2 is 1.93 bits per heavy atom. The summed E-state index contributed by atoms with van der Waals surface area (Å²) in [5.41, 5.74) is 2.96. The highest BCUT2D eigenvalue weighted by molar-refractivity contribution is 6.10. The molecular formula is C23H29N5O. The van der Waals surface area contributed by atoms with Gasteiger partial charge in [-0.25, -0.2) is 0 Å². The summed E-state index contributed by atoms with van der Waals surface area (Å²) < 4.78 is 0. The molecule has 29 heavy (non-hydrogen) atoms. The largest absolute Gasteiger partial charge is 0.370 e. The van der Waals surface area contributed by atoms with Gasteiger partial charge in [-0.2, -0.15) is 0 Å². The Kier molecular flexibility index (Phi) is 4.81. The molecule has 1 amide bonds. The number of para-hydroxylation sites is 2. The molecule has 1 atom stereocenters. The van der Waals surface area contributed by atoms with E-state index in [0.717, 1.165) is 42.3 Å². The van der Waals surface area contributed by atoms with E-state index in [1.165, 1.54) is 0 Å². The number of fused-ring (bicyclic) bond motifs is 1. The van der Waals surface area contributed by atoms with E-state index in [0.29, 0.717) is 12.1 Å². The fourth-order valence-corrected chi connectivity index (χ4v) is 4.04. The van der Waals surface area contributed by atoms with Crippen molar-refractivity contribution in [2.75, 3.05) is 23.7 Å². The summed E-state index contributed by atoms with van der Waals surface area (Å²) in [4.78, 5) is 24.4. The zero-order valence-electron chi connectivity index (χ0n) is 17.6. The molecular weight excluding hydrogens is 362 g/mol. The molecule has 0 bridgehead atoms. The number of piperidine rings is 1. The Balaban J connectivity index is 1.69. The zero-order valence-corrected chi connectivity index (χ0v) is 17.6. The Bertz CT molecular complexity index is 944. The van der Waals surface area contributed by atoms with E-state index in [-0.39, 0.29) is 11.4 Å². The SMILES string of the molecule is Cc1ccc(C(=O)N2CCC[C@]3(C2)Nc2ccccc2NC3=NC(C)(C)C)cn1. The lowest BCUT2D eigenvalue weighted by molar-refractivity contribution is 0.0694. The number of hydrogen-bond donors (Lipinski definition) is 2. The number of likely N-dealkylation sites (tertiary alicyclic amines) is 1. The van der Waals surface area contributed by atoms with Gasteiger partial charge in [0.2, 0.25) is 0 Å². The molecule has 2 aromatic rings. The van der Waals surface area contributed by atoms with Gasteiger partial charge in [0.25, 0.3) is 5.91 Å². The van der Waals surface area contributed by atoms with E-state index in [9.17, 15) is 4.79 Å². The highest BCUT2D eigenvalue weighted by Gasteiger charge is 2.45. The Labute approximate surface area is 172 Å². The molecule has 1 fully saturated rings. The van der Waals surface area contributed by atoms with Crippen molar-refractivity contribution in [2.24, 2.45) is 4.99 Å². The molecule has 152 valence electrons. The van der Waals surface area contributed by atoms with Crippen LogP contribution in [-0.4, -0.2) is 45.8 Å². The van der Waals surface area contributed by atoms with Crippen LogP contribution in [-0.2, 0) is 0 Å². The lowest BCUT2D eigenvalue weighted by Crippen LogP contribution is -2.63. The zero-order chi connectivity index (χ0) is 20.6. The molecule has 0 radical (unpaired) electrons. The van der Waals surface area contributed by atoms with Gasteiger partial charge in [0.1, 0.15) is 11.4 Å². The van der Waals surface area contributed by atoms with Crippen LogP contribution in [0.2, 0.25) is 0 Å². The molecule has 2 aliphatic rings. The van der Waals surface area contributed by atoms with E-state index < -0.39 is 5.54 Å². The van der Waals surface area contributed by atoms with Crippen molar-refractivity contribution in [2.45, 2.75) is 51.6 Å². The number of aliphatic imine (C=N–C) groups is 1. The van der Waals surface area contributed by atoms with Crippen LogP contribution >= 0.6 is 0 Å². The minimum atomic E-state index is -0.423. The standard InChI is InChI=1S/C23H29N5O/c1-16-10-11-17(14-24-16)20(29)28-13-7-12-23(15-28)21(27-22(2,3)4)25-18-8-5-6-9-19(18)26-23/h5-6,8-11,14,26H,7,12-13,15H2,1-4H3,(H,25,27)/t23-/m1/s1. The Morgan fingerprint density at radius 1 is 1.17 bits per heavy atom. The molecule has 1 saturated heterocycles. The predicted octanol–water partition coefficient (Wildman–Crippen LogP) is 4.10. The minimum absolute atomic E-state index is 0.0207. The number of anilines is 2. The minimum Gasteiger partial charge on any atom is -0.370 e. The van der Waals surface area contributed by atoms with Crippen LogP contribution in [0.15, 0.2) is 47.6 Å². The number of pyridine rings is 1. The van der Waals surface area contributed by atoms with Crippen molar-refractivity contribution < 1.29 is 4.79 Å². The average molecular weight is 392 g/mol. The first kappa shape index (κ1) is 19.4. The van der Waals surface area contributed by atoms with E-state index in [4.69, 9.17) is 4.99 Å². The van der Waals surface area contributed by atoms with Crippen molar-refractivity contribution in [1.82, 2.24) is 9.88 Å². The van der Waals surface area contributed by atoms with E-state index in [2.05, 4.69) is 48.5 Å². The summed E-state index contributed by atoms with van der Waals surface area (Å²) >= 11 is 0. The van der Waals surface area contributed by atoms with Crippen LogP contribution in [0.5, 0.6) is 0 Å². The second kappa shape index (κ2) is 7.17. The van der Waals surface area contributed by atoms with Crippen LogP contribution in [0.25, 0.3) is 0 Å². The predicted molar refractivity (Wildman–Crippen MR) is 118 cm³/mol. The van der Waals surface area contributed by atoms with Gasteiger partial charge in [-0.3, -0.25) is 14.8 Å². The second-order valence-corrected chi connectivity index (χ2v) is 9.03. The number of carbonyl (C=O) groups is 1. The molecule has 1 aromatic heterocycles. The van der Waals surface area contributed by atoms with Gasteiger partial charge < -0.3 is 15.5 Å². The normalized spacial score (nSPS) is 22.8. The molecule has 6 nitrogen and oxygen atoms in total. The topological polar surface area (TPSA) is 69.6 Å². The number of benzene rings is 1. The number of amides is 1. The van der Waals surface area contributed by atoms with Gasteiger partial charge in [-0.1, -0.05) is 12.1 Å². The highest BCUT2D eigenvalue weighted by Crippen LogP contribution is 2.37. The quantitative estimate of drug-likeness (QED) is 0.768. The van der Waals surface area contributed by atoms with Gasteiger partial charge in [-0.05, 0) is 64.8 Å². The maximum Gasteiger partial charge on any atom is 0.255 e. The summed E-state index contributed by atoms with van der Waals surface area (Å²) in [6.45, 7) is 9.52. The number of hydrogen-bond acceptors (Lipinski definition) is 4. The van der Waals surface area contributed by atoms with Crippen LogP contribution in [0.1, 0.15) is 49.7 Å². The fraction of sp³-hybridized carbons (Fsp3) is 0.435. The third-order valence-electron chi connectivity index (χ3n) is 5.39. The first-order chi connectivity index (χ1) is 13.8. The van der Waals surface area contributed by atoms with Crippen LogP contribution in [0.3, 0.4) is 0 Å². The molecule has 0 unspecified atom stereocenters. The number of rotatable bonds is 1. The van der Waals surface area contributed by atoms with Gasteiger partial charge >= 0.3 is 0 Å². The second-order valence-electron chi connectivity index (χ2n) is 9.03. The van der Waals surface area contributed by atoms with Crippen molar-refractivity contribution in [3.05, 3.63) is 53.9 Å². The smallest absolute Gasteiger partial charge is 0.255 e. The maximum atomic E-state index is 13.2. The van der Waals surface area contributed by atoms with Crippen molar-refractivity contribution in [3.63, 3.8) is 0 Å². The first-order valence-corrected chi connectivity index (χ1v) is 10.2. The summed E-state index contributed by atoms with van der Waals surface area (Å²) in [5.74, 6) is 0.926. The summed E-state index contributed by atoms with van der Waals surface area (Å²) in [7, 11) is 0. The number of amidine groups is 1. The molecule has 0 aliphatic carbocycles. The van der Waals surface area contributed by atoms with Crippen molar-refractivity contribution in [3.8, 4) is 0 Å². The Hall–Kier alpha value is -2.89. The number of aryl methyl sites for hydroxylation is 1. The molecule has 6 heteroatoms. The first-order valence-electron chi connectivity index (χ1n) is 10.2. The number of nitrogens with one attached hydrogen (secondary N) is 2. The molecule has 2 aliphatic heterocycles. The molecule has 1 aromatic carbocycles. The van der Waals surface area contributed by atoms with Crippen LogP contribution in [0, 0.1) is 6.92 Å².